The molecule has 1 saturated carbocycles. The lowest BCUT2D eigenvalue weighted by molar-refractivity contribution is 0.140. The Morgan fingerprint density at radius 1 is 1.17 bits per heavy atom. The lowest BCUT2D eigenvalue weighted by Gasteiger charge is -2.36. The minimum absolute atomic E-state index is 0.670. The predicted molar refractivity (Wildman–Crippen MR) is 105 cm³/mol. The van der Waals surface area contributed by atoms with Gasteiger partial charge in [0.25, 0.3) is 0 Å². The van der Waals surface area contributed by atoms with Gasteiger partial charge in [0.1, 0.15) is 0 Å². The van der Waals surface area contributed by atoms with Gasteiger partial charge in [0.05, 0.1) is 0 Å². The molecule has 1 heterocycles. The highest BCUT2D eigenvalue weighted by Gasteiger charge is 2.23. The van der Waals surface area contributed by atoms with Gasteiger partial charge in [-0.05, 0) is 63.8 Å². The van der Waals surface area contributed by atoms with Crippen LogP contribution in [0.2, 0.25) is 0 Å². The van der Waals surface area contributed by atoms with Crippen LogP contribution in [-0.4, -0.2) is 62.1 Å². The van der Waals surface area contributed by atoms with Crippen molar-refractivity contribution in [2.75, 3.05) is 40.3 Å². The third-order valence-electron chi connectivity index (χ3n) is 6.07. The van der Waals surface area contributed by atoms with Crippen LogP contribution >= 0.6 is 0 Å². The molecule has 1 aliphatic carbocycles. The largest absolute Gasteiger partial charge is 0.356 e. The zero-order chi connectivity index (χ0) is 17.5. The van der Waals surface area contributed by atoms with E-state index in [-0.39, 0.29) is 0 Å². The fourth-order valence-electron chi connectivity index (χ4n) is 4.34. The molecule has 24 heavy (non-hydrogen) atoms. The summed E-state index contributed by atoms with van der Waals surface area (Å²) in [6.45, 7) is 11.7. The monoisotopic (exact) mass is 336 g/mol. The second-order valence-corrected chi connectivity index (χ2v) is 8.53. The van der Waals surface area contributed by atoms with Crippen molar-refractivity contribution < 1.29 is 0 Å². The Labute approximate surface area is 150 Å². The quantitative estimate of drug-likeness (QED) is 0.616. The summed E-state index contributed by atoms with van der Waals surface area (Å²) in [5.74, 6) is 3.60. The first-order chi connectivity index (χ1) is 11.5. The number of nitrogens with one attached hydrogen (secondary N) is 1. The molecule has 0 bridgehead atoms. The number of rotatable bonds is 5. The normalized spacial score (nSPS) is 29.8. The number of aliphatic imine (C=N–C) groups is 1. The van der Waals surface area contributed by atoms with E-state index in [0.29, 0.717) is 6.04 Å². The number of hydrogen-bond acceptors (Lipinski definition) is 2. The van der Waals surface area contributed by atoms with Crippen LogP contribution in [0.5, 0.6) is 0 Å². The van der Waals surface area contributed by atoms with E-state index < -0.39 is 0 Å². The Hall–Kier alpha value is -0.770. The first-order valence-corrected chi connectivity index (χ1v) is 10.2. The molecule has 0 amide bonds. The van der Waals surface area contributed by atoms with Gasteiger partial charge < -0.3 is 15.1 Å². The highest BCUT2D eigenvalue weighted by atomic mass is 15.3. The maximum atomic E-state index is 4.52. The molecule has 2 rings (SSSR count). The molecule has 0 aromatic heterocycles. The Balaban J connectivity index is 1.75. The Morgan fingerprint density at radius 2 is 1.88 bits per heavy atom. The molecule has 0 spiro atoms. The van der Waals surface area contributed by atoms with E-state index >= 15 is 0 Å². The fraction of sp³-hybridized carbons (Fsp3) is 0.950. The van der Waals surface area contributed by atoms with E-state index in [4.69, 9.17) is 0 Å². The van der Waals surface area contributed by atoms with Gasteiger partial charge in [-0.15, -0.1) is 0 Å². The van der Waals surface area contributed by atoms with Crippen LogP contribution in [0.1, 0.15) is 59.3 Å². The van der Waals surface area contributed by atoms with Gasteiger partial charge in [-0.25, -0.2) is 0 Å². The number of piperidine rings is 1. The van der Waals surface area contributed by atoms with Crippen molar-refractivity contribution in [1.29, 1.82) is 0 Å². The summed E-state index contributed by atoms with van der Waals surface area (Å²) in [6.07, 6.45) is 8.24. The van der Waals surface area contributed by atoms with Crippen LogP contribution in [0.25, 0.3) is 0 Å². The van der Waals surface area contributed by atoms with Crippen molar-refractivity contribution in [3.8, 4) is 0 Å². The molecule has 1 unspecified atom stereocenters. The molecule has 1 N–H and O–H groups in total. The smallest absolute Gasteiger partial charge is 0.193 e. The molecule has 4 nitrogen and oxygen atoms in total. The summed E-state index contributed by atoms with van der Waals surface area (Å²) in [6, 6.07) is 0.670. The van der Waals surface area contributed by atoms with Crippen molar-refractivity contribution in [2.45, 2.75) is 65.3 Å². The molecule has 0 aromatic rings. The van der Waals surface area contributed by atoms with Gasteiger partial charge in [-0.2, -0.15) is 0 Å². The Bertz CT molecular complexity index is 385. The molecular weight excluding hydrogens is 296 g/mol. The highest BCUT2D eigenvalue weighted by Crippen LogP contribution is 2.28. The van der Waals surface area contributed by atoms with Gasteiger partial charge in [-0.1, -0.05) is 19.8 Å². The van der Waals surface area contributed by atoms with E-state index in [2.05, 4.69) is 47.9 Å². The molecular formula is C20H40N4. The number of likely N-dealkylation sites (tertiary alicyclic amines) is 1. The van der Waals surface area contributed by atoms with Crippen molar-refractivity contribution in [1.82, 2.24) is 15.1 Å². The molecule has 0 radical (unpaired) electrons. The van der Waals surface area contributed by atoms with Crippen LogP contribution in [0.4, 0.5) is 0 Å². The molecule has 1 aliphatic heterocycles. The highest BCUT2D eigenvalue weighted by molar-refractivity contribution is 5.79. The van der Waals surface area contributed by atoms with Gasteiger partial charge in [0.15, 0.2) is 5.96 Å². The maximum Gasteiger partial charge on any atom is 0.193 e. The third kappa shape index (κ3) is 5.94. The average molecular weight is 337 g/mol. The maximum absolute atomic E-state index is 4.52. The standard InChI is InChI=1S/C20H40N4/c1-16(2)24-12-6-7-19(15-24)13-22-20(21-4)23(5)14-18-10-8-17(3)9-11-18/h16-19H,6-15H2,1-5H3,(H,21,22). The minimum atomic E-state index is 0.670. The first kappa shape index (κ1) is 19.6. The summed E-state index contributed by atoms with van der Waals surface area (Å²) in [5, 5.41) is 3.65. The summed E-state index contributed by atoms with van der Waals surface area (Å²) in [7, 11) is 4.12. The Morgan fingerprint density at radius 3 is 2.50 bits per heavy atom. The van der Waals surface area contributed by atoms with Crippen LogP contribution in [-0.2, 0) is 0 Å². The number of hydrogen-bond donors (Lipinski definition) is 1. The summed E-state index contributed by atoms with van der Waals surface area (Å²) in [4.78, 5) is 9.49. The van der Waals surface area contributed by atoms with Crippen molar-refractivity contribution in [3.63, 3.8) is 0 Å². The van der Waals surface area contributed by atoms with Gasteiger partial charge in [0, 0.05) is 39.8 Å². The van der Waals surface area contributed by atoms with Crippen LogP contribution in [0, 0.1) is 17.8 Å². The predicted octanol–water partition coefficient (Wildman–Crippen LogP) is 3.44. The molecule has 140 valence electrons. The number of guanidine groups is 1. The second-order valence-electron chi connectivity index (χ2n) is 8.53. The van der Waals surface area contributed by atoms with Gasteiger partial charge in [0.2, 0.25) is 0 Å². The zero-order valence-corrected chi connectivity index (χ0v) is 16.7. The minimum Gasteiger partial charge on any atom is -0.356 e. The van der Waals surface area contributed by atoms with E-state index in [9.17, 15) is 0 Å². The summed E-state index contributed by atoms with van der Waals surface area (Å²) >= 11 is 0. The lowest BCUT2D eigenvalue weighted by Crippen LogP contribution is -2.47. The molecule has 1 saturated heterocycles. The summed E-state index contributed by atoms with van der Waals surface area (Å²) in [5.41, 5.74) is 0. The summed E-state index contributed by atoms with van der Waals surface area (Å²) < 4.78 is 0. The Kier molecular flexibility index (Phi) is 7.86. The van der Waals surface area contributed by atoms with Crippen molar-refractivity contribution >= 4 is 5.96 Å². The van der Waals surface area contributed by atoms with E-state index in [1.54, 1.807) is 0 Å². The first-order valence-electron chi connectivity index (χ1n) is 10.2. The van der Waals surface area contributed by atoms with Crippen LogP contribution < -0.4 is 5.32 Å². The fourth-order valence-corrected chi connectivity index (χ4v) is 4.34. The van der Waals surface area contributed by atoms with Crippen LogP contribution in [0.15, 0.2) is 4.99 Å². The lowest BCUT2D eigenvalue weighted by atomic mass is 9.83. The topological polar surface area (TPSA) is 30.9 Å². The van der Waals surface area contributed by atoms with E-state index in [1.165, 1.54) is 51.6 Å². The molecule has 2 fully saturated rings. The SMILES string of the molecule is CN=C(NCC1CCCN(C(C)C)C1)N(C)CC1CCC(C)CC1. The average Bonchev–Trinajstić information content (AvgIpc) is 2.57. The third-order valence-corrected chi connectivity index (χ3v) is 6.07. The molecule has 2 aliphatic rings. The second kappa shape index (κ2) is 9.65. The van der Waals surface area contributed by atoms with Crippen molar-refractivity contribution in [2.24, 2.45) is 22.7 Å². The van der Waals surface area contributed by atoms with Gasteiger partial charge in [-0.3, -0.25) is 4.99 Å². The molecule has 1 atom stereocenters. The van der Waals surface area contributed by atoms with Crippen LogP contribution in [0.3, 0.4) is 0 Å². The molecule has 0 aromatic carbocycles. The number of nitrogens with zero attached hydrogens (tertiary/aromatic N) is 3. The van der Waals surface area contributed by atoms with Crippen molar-refractivity contribution in [3.05, 3.63) is 0 Å². The van der Waals surface area contributed by atoms with E-state index in [0.717, 1.165) is 36.8 Å². The van der Waals surface area contributed by atoms with Gasteiger partial charge >= 0.3 is 0 Å². The van der Waals surface area contributed by atoms with E-state index in [1.807, 2.05) is 7.05 Å². The zero-order valence-electron chi connectivity index (χ0n) is 16.7. The molecule has 4 heteroatoms.